The summed E-state index contributed by atoms with van der Waals surface area (Å²) in [6.45, 7) is 5.23. The Morgan fingerprint density at radius 3 is 2.74 bits per heavy atom. The molecule has 102 valence electrons. The molecule has 2 aromatic rings. The molecule has 1 saturated carbocycles. The van der Waals surface area contributed by atoms with Crippen molar-refractivity contribution in [2.24, 2.45) is 0 Å². The van der Waals surface area contributed by atoms with Crippen LogP contribution in [0.1, 0.15) is 56.2 Å². The maximum absolute atomic E-state index is 4.84. The fourth-order valence-electron chi connectivity index (χ4n) is 2.83. The Labute approximate surface area is 118 Å². The molecule has 2 aromatic heterocycles. The standard InChI is InChI=1S/C15H21N3S/c1-3-11-9-12-14(16-4-2)17-13(18-15(12)19-11)10-7-5-6-8-10/h9-10H,3-8H2,1-2H3,(H,16,17,18). The lowest BCUT2D eigenvalue weighted by Crippen LogP contribution is -2.06. The second-order valence-corrected chi connectivity index (χ2v) is 6.34. The number of nitrogens with zero attached hydrogens (tertiary/aromatic N) is 2. The number of hydrogen-bond donors (Lipinski definition) is 1. The van der Waals surface area contributed by atoms with Crippen LogP contribution in [0.4, 0.5) is 5.82 Å². The van der Waals surface area contributed by atoms with Crippen LogP contribution in [-0.2, 0) is 6.42 Å². The fraction of sp³-hybridized carbons (Fsp3) is 0.600. The van der Waals surface area contributed by atoms with Crippen molar-refractivity contribution in [2.45, 2.75) is 51.9 Å². The first-order valence-corrected chi connectivity index (χ1v) is 8.17. The van der Waals surface area contributed by atoms with Crippen molar-refractivity contribution < 1.29 is 0 Å². The number of aromatic nitrogens is 2. The smallest absolute Gasteiger partial charge is 0.138 e. The summed E-state index contributed by atoms with van der Waals surface area (Å²) in [5.74, 6) is 2.67. The van der Waals surface area contributed by atoms with E-state index in [0.717, 1.165) is 29.4 Å². The number of fused-ring (bicyclic) bond motifs is 1. The van der Waals surface area contributed by atoms with Crippen LogP contribution in [0.25, 0.3) is 10.2 Å². The Hall–Kier alpha value is -1.16. The molecule has 1 N–H and O–H groups in total. The van der Waals surface area contributed by atoms with E-state index in [9.17, 15) is 0 Å². The van der Waals surface area contributed by atoms with Crippen LogP contribution < -0.4 is 5.32 Å². The van der Waals surface area contributed by atoms with Crippen molar-refractivity contribution in [1.29, 1.82) is 0 Å². The minimum Gasteiger partial charge on any atom is -0.370 e. The average molecular weight is 275 g/mol. The molecule has 0 aromatic carbocycles. The summed E-state index contributed by atoms with van der Waals surface area (Å²) in [4.78, 5) is 12.2. The number of aryl methyl sites for hydroxylation is 1. The van der Waals surface area contributed by atoms with Gasteiger partial charge in [0.1, 0.15) is 16.5 Å². The van der Waals surface area contributed by atoms with Crippen molar-refractivity contribution >= 4 is 27.4 Å². The van der Waals surface area contributed by atoms with Gasteiger partial charge in [0, 0.05) is 17.3 Å². The molecule has 0 atom stereocenters. The van der Waals surface area contributed by atoms with E-state index >= 15 is 0 Å². The second-order valence-electron chi connectivity index (χ2n) is 5.23. The molecule has 1 aliphatic carbocycles. The highest BCUT2D eigenvalue weighted by Gasteiger charge is 2.22. The molecule has 0 radical (unpaired) electrons. The number of nitrogens with one attached hydrogen (secondary N) is 1. The molecule has 19 heavy (non-hydrogen) atoms. The molecule has 0 spiro atoms. The van der Waals surface area contributed by atoms with Crippen LogP contribution in [-0.4, -0.2) is 16.5 Å². The third kappa shape index (κ3) is 2.46. The first-order valence-electron chi connectivity index (χ1n) is 7.36. The molecule has 0 amide bonds. The van der Waals surface area contributed by atoms with E-state index in [1.165, 1.54) is 35.9 Å². The first kappa shape index (κ1) is 12.9. The molecular weight excluding hydrogens is 254 g/mol. The van der Waals surface area contributed by atoms with E-state index in [1.54, 1.807) is 0 Å². The van der Waals surface area contributed by atoms with Crippen molar-refractivity contribution in [1.82, 2.24) is 9.97 Å². The number of rotatable bonds is 4. The van der Waals surface area contributed by atoms with Crippen molar-refractivity contribution in [2.75, 3.05) is 11.9 Å². The van der Waals surface area contributed by atoms with Crippen LogP contribution in [0.5, 0.6) is 0 Å². The highest BCUT2D eigenvalue weighted by molar-refractivity contribution is 7.18. The van der Waals surface area contributed by atoms with Gasteiger partial charge in [0.2, 0.25) is 0 Å². The summed E-state index contributed by atoms with van der Waals surface area (Å²) in [6.07, 6.45) is 6.23. The molecule has 2 heterocycles. The van der Waals surface area contributed by atoms with Gasteiger partial charge in [0.15, 0.2) is 0 Å². The SMILES string of the molecule is CCNc1nc(C2CCCC2)nc2sc(CC)cc12. The second kappa shape index (κ2) is 5.45. The van der Waals surface area contributed by atoms with Gasteiger partial charge in [-0.1, -0.05) is 19.8 Å². The lowest BCUT2D eigenvalue weighted by Gasteiger charge is -2.11. The summed E-state index contributed by atoms with van der Waals surface area (Å²) in [7, 11) is 0. The third-order valence-corrected chi connectivity index (χ3v) is 5.05. The van der Waals surface area contributed by atoms with Gasteiger partial charge in [-0.25, -0.2) is 9.97 Å². The Morgan fingerprint density at radius 2 is 2.05 bits per heavy atom. The fourth-order valence-corrected chi connectivity index (χ4v) is 3.81. The Balaban J connectivity index is 2.08. The van der Waals surface area contributed by atoms with Gasteiger partial charge in [0.25, 0.3) is 0 Å². The topological polar surface area (TPSA) is 37.8 Å². The van der Waals surface area contributed by atoms with Crippen LogP contribution in [0, 0.1) is 0 Å². The normalized spacial score (nSPS) is 16.3. The zero-order chi connectivity index (χ0) is 13.2. The van der Waals surface area contributed by atoms with Gasteiger partial charge in [-0.05, 0) is 32.3 Å². The first-order chi connectivity index (χ1) is 9.31. The van der Waals surface area contributed by atoms with E-state index in [0.29, 0.717) is 5.92 Å². The zero-order valence-corrected chi connectivity index (χ0v) is 12.5. The summed E-state index contributed by atoms with van der Waals surface area (Å²) in [6, 6.07) is 2.25. The van der Waals surface area contributed by atoms with E-state index < -0.39 is 0 Å². The molecule has 1 aliphatic rings. The number of hydrogen-bond acceptors (Lipinski definition) is 4. The van der Waals surface area contributed by atoms with Gasteiger partial charge in [-0.2, -0.15) is 0 Å². The van der Waals surface area contributed by atoms with Crippen LogP contribution in [0.15, 0.2) is 6.07 Å². The molecule has 0 aliphatic heterocycles. The molecule has 1 fully saturated rings. The van der Waals surface area contributed by atoms with E-state index in [4.69, 9.17) is 9.97 Å². The predicted octanol–water partition coefficient (Wildman–Crippen LogP) is 4.34. The highest BCUT2D eigenvalue weighted by atomic mass is 32.1. The molecule has 3 nitrogen and oxygen atoms in total. The van der Waals surface area contributed by atoms with Gasteiger partial charge < -0.3 is 5.32 Å². The molecule has 4 heteroatoms. The lowest BCUT2D eigenvalue weighted by molar-refractivity contribution is 0.674. The lowest BCUT2D eigenvalue weighted by atomic mass is 10.1. The highest BCUT2D eigenvalue weighted by Crippen LogP contribution is 2.36. The monoisotopic (exact) mass is 275 g/mol. The van der Waals surface area contributed by atoms with E-state index in [2.05, 4.69) is 25.2 Å². The number of anilines is 1. The Kier molecular flexibility index (Phi) is 3.69. The van der Waals surface area contributed by atoms with Crippen LogP contribution in [0.2, 0.25) is 0 Å². The van der Waals surface area contributed by atoms with Gasteiger partial charge in [0.05, 0.1) is 5.39 Å². The molecule has 0 saturated heterocycles. The van der Waals surface area contributed by atoms with Crippen molar-refractivity contribution in [3.05, 3.63) is 16.8 Å². The van der Waals surface area contributed by atoms with Crippen LogP contribution >= 0.6 is 11.3 Å². The summed E-state index contributed by atoms with van der Waals surface area (Å²) in [5.41, 5.74) is 0. The van der Waals surface area contributed by atoms with Gasteiger partial charge >= 0.3 is 0 Å². The number of thiophene rings is 1. The Morgan fingerprint density at radius 1 is 1.26 bits per heavy atom. The van der Waals surface area contributed by atoms with E-state index in [-0.39, 0.29) is 0 Å². The van der Waals surface area contributed by atoms with Crippen molar-refractivity contribution in [3.8, 4) is 0 Å². The van der Waals surface area contributed by atoms with Gasteiger partial charge in [-0.3, -0.25) is 0 Å². The Bertz CT molecular complexity index is 570. The summed E-state index contributed by atoms with van der Waals surface area (Å²) >= 11 is 1.82. The average Bonchev–Trinajstić information content (AvgIpc) is 3.07. The predicted molar refractivity (Wildman–Crippen MR) is 82.2 cm³/mol. The van der Waals surface area contributed by atoms with Crippen LogP contribution in [0.3, 0.4) is 0 Å². The quantitative estimate of drug-likeness (QED) is 0.901. The molecule has 0 unspecified atom stereocenters. The molecule has 3 rings (SSSR count). The molecule has 0 bridgehead atoms. The minimum absolute atomic E-state index is 0.578. The maximum Gasteiger partial charge on any atom is 0.138 e. The zero-order valence-electron chi connectivity index (χ0n) is 11.7. The maximum atomic E-state index is 4.84. The summed E-state index contributed by atoms with van der Waals surface area (Å²) in [5, 5.41) is 4.61. The minimum atomic E-state index is 0.578. The largest absolute Gasteiger partial charge is 0.370 e. The van der Waals surface area contributed by atoms with E-state index in [1.807, 2.05) is 11.3 Å². The van der Waals surface area contributed by atoms with Gasteiger partial charge in [-0.15, -0.1) is 11.3 Å². The summed E-state index contributed by atoms with van der Waals surface area (Å²) < 4.78 is 0. The van der Waals surface area contributed by atoms with Crippen molar-refractivity contribution in [3.63, 3.8) is 0 Å². The molecular formula is C15H21N3S. The third-order valence-electron chi connectivity index (χ3n) is 3.87.